The largest absolute Gasteiger partial charge is 0.255 e. The first-order chi connectivity index (χ1) is 10.4. The molecule has 0 radical (unpaired) electrons. The van der Waals surface area contributed by atoms with Crippen molar-refractivity contribution in [1.29, 1.82) is 0 Å². The van der Waals surface area contributed by atoms with Crippen LogP contribution < -0.4 is 0 Å². The average Bonchev–Trinajstić information content (AvgIpc) is 2.38. The van der Waals surface area contributed by atoms with E-state index in [1.54, 1.807) is 12.4 Å². The van der Waals surface area contributed by atoms with Crippen LogP contribution in [0.3, 0.4) is 0 Å². The third-order valence-corrected chi connectivity index (χ3v) is 4.63. The van der Waals surface area contributed by atoms with Crippen molar-refractivity contribution in [3.8, 4) is 0 Å². The van der Waals surface area contributed by atoms with Crippen LogP contribution in [-0.4, -0.2) is 12.4 Å². The molecule has 0 atom stereocenters. The van der Waals surface area contributed by atoms with Crippen molar-refractivity contribution in [2.75, 3.05) is 0 Å². The van der Waals surface area contributed by atoms with Gasteiger partial charge in [-0.2, -0.15) is 0 Å². The predicted molar refractivity (Wildman–Crippen MR) is 114 cm³/mol. The molecule has 0 N–H and O–H groups in total. The summed E-state index contributed by atoms with van der Waals surface area (Å²) in [5.41, 5.74) is 6.82. The van der Waals surface area contributed by atoms with Crippen LogP contribution in [0.1, 0.15) is 22.3 Å². The molecule has 0 saturated heterocycles. The van der Waals surface area contributed by atoms with E-state index in [-0.39, 0.29) is 0 Å². The molecule has 0 spiro atoms. The molecule has 22 heavy (non-hydrogen) atoms. The zero-order valence-electron chi connectivity index (χ0n) is 13.1. The Balaban J connectivity index is 2.24. The zero-order valence-corrected chi connectivity index (χ0v) is 17.4. The highest BCUT2D eigenvalue weighted by atomic mass is 127. The Bertz CT molecular complexity index is 650. The van der Waals surface area contributed by atoms with E-state index < -0.39 is 0 Å². The summed E-state index contributed by atoms with van der Waals surface area (Å²) >= 11 is 4.66. The molecule has 0 bridgehead atoms. The van der Waals surface area contributed by atoms with E-state index in [4.69, 9.17) is 0 Å². The third kappa shape index (κ3) is 4.38. The lowest BCUT2D eigenvalue weighted by Crippen LogP contribution is -1.86. The van der Waals surface area contributed by atoms with E-state index in [9.17, 15) is 0 Å². The fourth-order valence-corrected chi connectivity index (χ4v) is 4.30. The van der Waals surface area contributed by atoms with Gasteiger partial charge in [-0.25, -0.2) is 0 Å². The Morgan fingerprint density at radius 3 is 1.18 bits per heavy atom. The molecule has 2 nitrogen and oxygen atoms in total. The molecule has 0 aromatic heterocycles. The number of nitrogens with zero attached hydrogens (tertiary/aromatic N) is 2. The van der Waals surface area contributed by atoms with Gasteiger partial charge in [0, 0.05) is 19.6 Å². The maximum atomic E-state index is 4.56. The molecule has 2 aromatic carbocycles. The Kier molecular flexibility index (Phi) is 6.14. The molecule has 0 heterocycles. The number of hydrogen-bond acceptors (Lipinski definition) is 2. The van der Waals surface area contributed by atoms with Gasteiger partial charge in [0.15, 0.2) is 0 Å². The highest BCUT2D eigenvalue weighted by Gasteiger charge is 2.03. The van der Waals surface area contributed by atoms with Gasteiger partial charge in [0.05, 0.1) is 11.4 Å². The maximum Gasteiger partial charge on any atom is 0.0689 e. The first kappa shape index (κ1) is 17.6. The molecule has 114 valence electrons. The van der Waals surface area contributed by atoms with Gasteiger partial charge in [-0.15, -0.1) is 0 Å². The summed E-state index contributed by atoms with van der Waals surface area (Å²) in [4.78, 5) is 9.12. The SMILES string of the molecule is Cc1cc(I)cc(C)c1N=CC=Nc1c(C)cc(I)cc1C. The van der Waals surface area contributed by atoms with E-state index in [1.165, 1.54) is 29.4 Å². The van der Waals surface area contributed by atoms with E-state index in [1.807, 2.05) is 0 Å². The fraction of sp³-hybridized carbons (Fsp3) is 0.222. The molecule has 4 heteroatoms. The number of aliphatic imine (C=N–C) groups is 2. The first-order valence-corrected chi connectivity index (χ1v) is 9.14. The van der Waals surface area contributed by atoms with Gasteiger partial charge in [0.2, 0.25) is 0 Å². The lowest BCUT2D eigenvalue weighted by molar-refractivity contribution is 1.31. The summed E-state index contributed by atoms with van der Waals surface area (Å²) in [6.07, 6.45) is 3.55. The van der Waals surface area contributed by atoms with Crippen LogP contribution in [0.4, 0.5) is 11.4 Å². The molecule has 0 saturated carbocycles. The maximum absolute atomic E-state index is 4.56. The van der Waals surface area contributed by atoms with E-state index in [2.05, 4.69) is 107 Å². The predicted octanol–water partition coefficient (Wildman–Crippen LogP) is 6.23. The van der Waals surface area contributed by atoms with Crippen LogP contribution >= 0.6 is 45.2 Å². The zero-order chi connectivity index (χ0) is 16.3. The summed E-state index contributed by atoms with van der Waals surface area (Å²) in [5, 5.41) is 0. The number of hydrogen-bond donors (Lipinski definition) is 0. The van der Waals surface area contributed by atoms with E-state index in [0.717, 1.165) is 11.4 Å². The van der Waals surface area contributed by atoms with Gasteiger partial charge in [-0.3, -0.25) is 9.98 Å². The lowest BCUT2D eigenvalue weighted by atomic mass is 10.1. The Labute approximate surface area is 159 Å². The van der Waals surface area contributed by atoms with Crippen LogP contribution in [-0.2, 0) is 0 Å². The van der Waals surface area contributed by atoms with Gasteiger partial charge in [0.1, 0.15) is 0 Å². The Morgan fingerprint density at radius 2 is 0.909 bits per heavy atom. The molecular weight excluding hydrogens is 498 g/mol. The van der Waals surface area contributed by atoms with Gasteiger partial charge in [-0.05, 0) is 119 Å². The van der Waals surface area contributed by atoms with Gasteiger partial charge < -0.3 is 0 Å². The standard InChI is InChI=1S/C18H18I2N2/c1-11-7-15(19)8-12(2)17(11)21-5-6-22-18-13(3)9-16(20)10-14(18)4/h5-10H,1-4H3. The van der Waals surface area contributed by atoms with Crippen molar-refractivity contribution in [1.82, 2.24) is 0 Å². The minimum absolute atomic E-state index is 1.03. The second kappa shape index (κ2) is 7.68. The van der Waals surface area contributed by atoms with Crippen molar-refractivity contribution < 1.29 is 0 Å². The molecule has 0 fully saturated rings. The molecule has 0 unspecified atom stereocenters. The highest BCUT2D eigenvalue weighted by molar-refractivity contribution is 14.1. The monoisotopic (exact) mass is 516 g/mol. The number of rotatable bonds is 3. The van der Waals surface area contributed by atoms with Crippen molar-refractivity contribution in [2.45, 2.75) is 27.7 Å². The second-order valence-electron chi connectivity index (χ2n) is 5.33. The fourth-order valence-electron chi connectivity index (χ4n) is 2.43. The minimum atomic E-state index is 1.03. The molecule has 0 aliphatic rings. The summed E-state index contributed by atoms with van der Waals surface area (Å²) in [7, 11) is 0. The number of aryl methyl sites for hydroxylation is 4. The topological polar surface area (TPSA) is 24.7 Å². The summed E-state index contributed by atoms with van der Waals surface area (Å²) in [6, 6.07) is 8.57. The average molecular weight is 516 g/mol. The molecule has 2 rings (SSSR count). The van der Waals surface area contributed by atoms with E-state index >= 15 is 0 Å². The van der Waals surface area contributed by atoms with Crippen molar-refractivity contribution in [3.05, 3.63) is 53.7 Å². The quantitative estimate of drug-likeness (QED) is 0.342. The molecule has 0 aliphatic heterocycles. The van der Waals surface area contributed by atoms with Gasteiger partial charge in [0.25, 0.3) is 0 Å². The van der Waals surface area contributed by atoms with Crippen LogP contribution in [0.5, 0.6) is 0 Å². The molecular formula is C18H18I2N2. The van der Waals surface area contributed by atoms with Gasteiger partial charge in [-0.1, -0.05) is 0 Å². The van der Waals surface area contributed by atoms with E-state index in [0.29, 0.717) is 0 Å². The normalized spacial score (nSPS) is 11.7. The van der Waals surface area contributed by atoms with Crippen molar-refractivity contribution in [3.63, 3.8) is 0 Å². The molecule has 2 aromatic rings. The minimum Gasteiger partial charge on any atom is -0.255 e. The van der Waals surface area contributed by atoms with Crippen LogP contribution in [0.2, 0.25) is 0 Å². The second-order valence-corrected chi connectivity index (χ2v) is 7.82. The lowest BCUT2D eigenvalue weighted by Gasteiger charge is -2.05. The summed E-state index contributed by atoms with van der Waals surface area (Å²) < 4.78 is 2.48. The van der Waals surface area contributed by atoms with Crippen molar-refractivity contribution in [2.24, 2.45) is 9.98 Å². The van der Waals surface area contributed by atoms with Crippen LogP contribution in [0.25, 0.3) is 0 Å². The third-order valence-electron chi connectivity index (χ3n) is 3.39. The van der Waals surface area contributed by atoms with Crippen LogP contribution in [0.15, 0.2) is 34.3 Å². The van der Waals surface area contributed by atoms with Crippen molar-refractivity contribution >= 4 is 69.0 Å². The number of benzene rings is 2. The highest BCUT2D eigenvalue weighted by Crippen LogP contribution is 2.26. The smallest absolute Gasteiger partial charge is 0.0689 e. The molecule has 0 aliphatic carbocycles. The Morgan fingerprint density at radius 1 is 0.636 bits per heavy atom. The Hall–Kier alpha value is -0.760. The summed E-state index contributed by atoms with van der Waals surface area (Å²) in [5.74, 6) is 0. The number of halogens is 2. The molecule has 0 amide bonds. The van der Waals surface area contributed by atoms with Crippen LogP contribution in [0, 0.1) is 34.8 Å². The first-order valence-electron chi connectivity index (χ1n) is 6.98. The summed E-state index contributed by atoms with van der Waals surface area (Å²) in [6.45, 7) is 8.36. The van der Waals surface area contributed by atoms with Gasteiger partial charge >= 0.3 is 0 Å².